The summed E-state index contributed by atoms with van der Waals surface area (Å²) >= 11 is 0. The quantitative estimate of drug-likeness (QED) is 0.298. The van der Waals surface area contributed by atoms with Crippen molar-refractivity contribution in [2.24, 2.45) is 5.73 Å². The number of hydrogen-bond acceptors (Lipinski definition) is 6. The lowest BCUT2D eigenvalue weighted by Crippen LogP contribution is -2.61. The maximum absolute atomic E-state index is 10.1. The second kappa shape index (κ2) is 8.00. The minimum absolute atomic E-state index is 0. The first-order chi connectivity index (χ1) is 9.97. The summed E-state index contributed by atoms with van der Waals surface area (Å²) in [6.45, 7) is -0.513. The van der Waals surface area contributed by atoms with E-state index in [2.05, 4.69) is 0 Å². The first-order valence-corrected chi connectivity index (χ1v) is 6.66. The molecule has 7 nitrogen and oxygen atoms in total. The molecule has 7 N–H and O–H groups in total. The van der Waals surface area contributed by atoms with Gasteiger partial charge in [-0.1, -0.05) is 30.3 Å². The maximum atomic E-state index is 10.1. The zero-order chi connectivity index (χ0) is 15.6. The largest absolute Gasteiger partial charge is 0.394 e. The summed E-state index contributed by atoms with van der Waals surface area (Å²) in [5, 5.41) is 46.7. The predicted molar refractivity (Wildman–Crippen MR) is 85.2 cm³/mol. The number of hydrogen-bond donors (Lipinski definition) is 6. The zero-order valence-electron chi connectivity index (χ0n) is 11.7. The summed E-state index contributed by atoms with van der Waals surface area (Å²) in [6.07, 6.45) is -6.37. The van der Waals surface area contributed by atoms with Gasteiger partial charge >= 0.3 is 0 Å². The van der Waals surface area contributed by atoms with Crippen LogP contribution in [-0.2, 0) is 4.74 Å². The van der Waals surface area contributed by atoms with E-state index in [1.165, 1.54) is 0 Å². The number of aliphatic hydroxyl groups excluding tert-OH is 4. The standard InChI is InChI=1S/C14H20N2O5.BrH/c15-14(16)9(7-4-2-1-3-5-7)13-12(20)11(19)10(18)8(6-17)21-13;/h1-5,8-13,17-20H,6H2,(H3,15,16);1H/t8-,9?,10-,11+,12-,13+;/m1./s1. The molecular weight excluding hydrogens is 356 g/mol. The molecule has 1 unspecified atom stereocenters. The number of nitrogens with one attached hydrogen (secondary N) is 1. The van der Waals surface area contributed by atoms with Gasteiger partial charge in [0, 0.05) is 0 Å². The molecule has 0 bridgehead atoms. The highest BCUT2D eigenvalue weighted by Crippen LogP contribution is 2.31. The summed E-state index contributed by atoms with van der Waals surface area (Å²) in [7, 11) is 0. The average Bonchev–Trinajstić information content (AvgIpc) is 2.48. The molecule has 1 fully saturated rings. The average molecular weight is 377 g/mol. The fraction of sp³-hybridized carbons (Fsp3) is 0.500. The Morgan fingerprint density at radius 1 is 1.14 bits per heavy atom. The Balaban J connectivity index is 0.00000242. The highest BCUT2D eigenvalue weighted by molar-refractivity contribution is 8.93. The summed E-state index contributed by atoms with van der Waals surface area (Å²) in [5.74, 6) is -1.01. The van der Waals surface area contributed by atoms with Crippen LogP contribution in [0.5, 0.6) is 0 Å². The predicted octanol–water partition coefficient (Wildman–Crippen LogP) is -0.874. The zero-order valence-corrected chi connectivity index (χ0v) is 13.5. The van der Waals surface area contributed by atoms with Gasteiger partial charge < -0.3 is 30.9 Å². The molecule has 0 aliphatic carbocycles. The molecule has 1 aromatic carbocycles. The number of ether oxygens (including phenoxy) is 1. The van der Waals surface area contributed by atoms with Crippen LogP contribution >= 0.6 is 17.0 Å². The van der Waals surface area contributed by atoms with Crippen LogP contribution in [0.1, 0.15) is 11.5 Å². The molecule has 0 saturated carbocycles. The van der Waals surface area contributed by atoms with Gasteiger partial charge in [0.25, 0.3) is 0 Å². The molecule has 1 aromatic rings. The number of aliphatic hydroxyl groups is 4. The van der Waals surface area contributed by atoms with E-state index in [9.17, 15) is 20.4 Å². The second-order valence-electron chi connectivity index (χ2n) is 5.14. The molecule has 0 aromatic heterocycles. The van der Waals surface area contributed by atoms with Crippen molar-refractivity contribution in [1.82, 2.24) is 0 Å². The topological polar surface area (TPSA) is 140 Å². The van der Waals surface area contributed by atoms with Crippen molar-refractivity contribution >= 4 is 22.8 Å². The molecule has 0 radical (unpaired) electrons. The van der Waals surface area contributed by atoms with Crippen molar-refractivity contribution in [2.75, 3.05) is 6.61 Å². The Morgan fingerprint density at radius 3 is 2.23 bits per heavy atom. The van der Waals surface area contributed by atoms with Crippen LogP contribution in [0.2, 0.25) is 0 Å². The van der Waals surface area contributed by atoms with E-state index in [1.54, 1.807) is 30.3 Å². The molecule has 0 amide bonds. The van der Waals surface area contributed by atoms with E-state index < -0.39 is 43.0 Å². The van der Waals surface area contributed by atoms with Crippen molar-refractivity contribution in [1.29, 1.82) is 5.41 Å². The van der Waals surface area contributed by atoms with Crippen molar-refractivity contribution in [2.45, 2.75) is 36.4 Å². The fourth-order valence-corrected chi connectivity index (χ4v) is 2.61. The lowest BCUT2D eigenvalue weighted by molar-refractivity contribution is -0.230. The van der Waals surface area contributed by atoms with Gasteiger partial charge in [-0.25, -0.2) is 0 Å². The van der Waals surface area contributed by atoms with Crippen LogP contribution < -0.4 is 5.73 Å². The Morgan fingerprint density at radius 2 is 1.73 bits per heavy atom. The van der Waals surface area contributed by atoms with Crippen LogP contribution in [-0.4, -0.2) is 63.4 Å². The third-order valence-electron chi connectivity index (χ3n) is 3.75. The van der Waals surface area contributed by atoms with Gasteiger partial charge in [0.05, 0.1) is 12.5 Å². The van der Waals surface area contributed by atoms with Crippen molar-refractivity contribution in [3.05, 3.63) is 35.9 Å². The van der Waals surface area contributed by atoms with E-state index in [0.717, 1.165) is 0 Å². The molecule has 8 heteroatoms. The van der Waals surface area contributed by atoms with Crippen LogP contribution in [0.4, 0.5) is 0 Å². The SMILES string of the molecule is Br.N=C(N)C(c1ccccc1)[C@@H]1O[C@H](CO)[C@@H](O)[C@H](O)[C@H]1O. The third-order valence-corrected chi connectivity index (χ3v) is 3.75. The highest BCUT2D eigenvalue weighted by Gasteiger charge is 2.47. The van der Waals surface area contributed by atoms with E-state index >= 15 is 0 Å². The van der Waals surface area contributed by atoms with Crippen LogP contribution in [0, 0.1) is 5.41 Å². The van der Waals surface area contributed by atoms with E-state index in [4.69, 9.17) is 15.9 Å². The van der Waals surface area contributed by atoms with Crippen LogP contribution in [0.3, 0.4) is 0 Å². The number of benzene rings is 1. The molecule has 6 atom stereocenters. The smallest absolute Gasteiger partial charge is 0.111 e. The first-order valence-electron chi connectivity index (χ1n) is 6.66. The maximum Gasteiger partial charge on any atom is 0.111 e. The summed E-state index contributed by atoms with van der Waals surface area (Å²) < 4.78 is 5.48. The number of amidine groups is 1. The highest BCUT2D eigenvalue weighted by atomic mass is 79.9. The fourth-order valence-electron chi connectivity index (χ4n) is 2.61. The van der Waals surface area contributed by atoms with Crippen molar-refractivity contribution in [3.8, 4) is 0 Å². The Hall–Kier alpha value is -1.03. The van der Waals surface area contributed by atoms with Crippen LogP contribution in [0.15, 0.2) is 30.3 Å². The molecule has 1 saturated heterocycles. The Labute approximate surface area is 138 Å². The van der Waals surface area contributed by atoms with E-state index in [-0.39, 0.29) is 22.8 Å². The minimum Gasteiger partial charge on any atom is -0.394 e. The number of halogens is 1. The molecule has 124 valence electrons. The van der Waals surface area contributed by atoms with Crippen molar-refractivity contribution < 1.29 is 25.2 Å². The normalized spacial score (nSPS) is 32.8. The number of nitrogens with two attached hydrogens (primary N) is 1. The van der Waals surface area contributed by atoms with Gasteiger partial charge in [-0.15, -0.1) is 17.0 Å². The van der Waals surface area contributed by atoms with Gasteiger partial charge in [0.1, 0.15) is 36.4 Å². The van der Waals surface area contributed by atoms with E-state index in [1.807, 2.05) is 0 Å². The molecule has 0 spiro atoms. The van der Waals surface area contributed by atoms with Crippen LogP contribution in [0.25, 0.3) is 0 Å². The van der Waals surface area contributed by atoms with Gasteiger partial charge in [-0.3, -0.25) is 5.41 Å². The second-order valence-corrected chi connectivity index (χ2v) is 5.14. The molecular formula is C14H21BrN2O5. The molecule has 22 heavy (non-hydrogen) atoms. The van der Waals surface area contributed by atoms with Gasteiger partial charge in [0.15, 0.2) is 0 Å². The molecule has 1 aliphatic rings. The van der Waals surface area contributed by atoms with Gasteiger partial charge in [0.2, 0.25) is 0 Å². The lowest BCUT2D eigenvalue weighted by atomic mass is 9.83. The monoisotopic (exact) mass is 376 g/mol. The lowest BCUT2D eigenvalue weighted by Gasteiger charge is -2.43. The molecule has 1 heterocycles. The molecule has 1 aliphatic heterocycles. The van der Waals surface area contributed by atoms with Crippen molar-refractivity contribution in [3.63, 3.8) is 0 Å². The van der Waals surface area contributed by atoms with Gasteiger partial charge in [-0.2, -0.15) is 0 Å². The summed E-state index contributed by atoms with van der Waals surface area (Å²) in [6, 6.07) is 8.78. The number of rotatable bonds is 4. The van der Waals surface area contributed by atoms with E-state index in [0.29, 0.717) is 5.56 Å². The third kappa shape index (κ3) is 3.65. The minimum atomic E-state index is -1.48. The Bertz CT molecular complexity index is 487. The Kier molecular flexibility index (Phi) is 6.92. The summed E-state index contributed by atoms with van der Waals surface area (Å²) in [5.41, 5.74) is 6.26. The van der Waals surface area contributed by atoms with Gasteiger partial charge in [-0.05, 0) is 5.56 Å². The molecule has 2 rings (SSSR count). The first kappa shape index (κ1) is 19.0. The summed E-state index contributed by atoms with van der Waals surface area (Å²) in [4.78, 5) is 0.